The van der Waals surface area contributed by atoms with Gasteiger partial charge in [-0.3, -0.25) is 0 Å². The van der Waals surface area contributed by atoms with Gasteiger partial charge in [-0.1, -0.05) is 60.2 Å². The van der Waals surface area contributed by atoms with Crippen molar-refractivity contribution < 1.29 is 14.6 Å². The number of carbonyl (C=O) groups is 1. The smallest absolute Gasteiger partial charge is 0.407 e. The molecular formula is C23H32N2O3. The fourth-order valence-corrected chi connectivity index (χ4v) is 2.94. The third-order valence-electron chi connectivity index (χ3n) is 4.23. The molecule has 0 unspecified atom stereocenters. The molecule has 0 saturated carbocycles. The fraction of sp³-hybridized carbons (Fsp3) is 0.435. The first-order valence-electron chi connectivity index (χ1n) is 9.71. The highest BCUT2D eigenvalue weighted by Gasteiger charge is 2.24. The van der Waals surface area contributed by atoms with E-state index in [0.717, 1.165) is 11.1 Å². The minimum Gasteiger partial charge on any atom is -0.444 e. The number of benzene rings is 2. The van der Waals surface area contributed by atoms with Crippen molar-refractivity contribution in [3.8, 4) is 0 Å². The van der Waals surface area contributed by atoms with Crippen LogP contribution in [0, 0.1) is 6.92 Å². The number of ether oxygens (including phenoxy) is 1. The van der Waals surface area contributed by atoms with E-state index in [4.69, 9.17) is 4.74 Å². The van der Waals surface area contributed by atoms with Gasteiger partial charge in [-0.15, -0.1) is 0 Å². The molecule has 3 N–H and O–H groups in total. The molecule has 2 rings (SSSR count). The maximum absolute atomic E-state index is 12.2. The quantitative estimate of drug-likeness (QED) is 0.651. The summed E-state index contributed by atoms with van der Waals surface area (Å²) in [6.07, 6.45) is -0.753. The van der Waals surface area contributed by atoms with Crippen LogP contribution in [0.15, 0.2) is 54.6 Å². The predicted molar refractivity (Wildman–Crippen MR) is 112 cm³/mol. The lowest BCUT2D eigenvalue weighted by Crippen LogP contribution is -2.49. The Labute approximate surface area is 168 Å². The normalized spacial score (nSPS) is 13.6. The van der Waals surface area contributed by atoms with Crippen LogP contribution in [0.2, 0.25) is 0 Å². The molecule has 0 fully saturated rings. The van der Waals surface area contributed by atoms with Crippen molar-refractivity contribution in [3.63, 3.8) is 0 Å². The fourth-order valence-electron chi connectivity index (χ4n) is 2.94. The Morgan fingerprint density at radius 3 is 2.39 bits per heavy atom. The van der Waals surface area contributed by atoms with Crippen molar-refractivity contribution in [2.75, 3.05) is 6.54 Å². The molecule has 2 aromatic carbocycles. The van der Waals surface area contributed by atoms with Crippen molar-refractivity contribution in [2.24, 2.45) is 0 Å². The lowest BCUT2D eigenvalue weighted by molar-refractivity contribution is 0.0422. The summed E-state index contributed by atoms with van der Waals surface area (Å²) in [5.74, 6) is 0. The van der Waals surface area contributed by atoms with Gasteiger partial charge in [-0.2, -0.15) is 0 Å². The molecule has 2 aromatic rings. The minimum absolute atomic E-state index is 0.362. The number of hydrogen-bond donors (Lipinski definition) is 3. The molecule has 2 atom stereocenters. The van der Waals surface area contributed by atoms with Gasteiger partial charge in [-0.25, -0.2) is 4.79 Å². The van der Waals surface area contributed by atoms with Crippen molar-refractivity contribution in [1.29, 1.82) is 0 Å². The van der Waals surface area contributed by atoms with Crippen LogP contribution in [0.1, 0.15) is 37.5 Å². The topological polar surface area (TPSA) is 70.6 Å². The highest BCUT2D eigenvalue weighted by molar-refractivity contribution is 5.68. The van der Waals surface area contributed by atoms with Crippen LogP contribution >= 0.6 is 0 Å². The first-order chi connectivity index (χ1) is 13.2. The van der Waals surface area contributed by atoms with Crippen LogP contribution in [-0.2, 0) is 17.7 Å². The number of aryl methyl sites for hydroxylation is 1. The van der Waals surface area contributed by atoms with Gasteiger partial charge in [0.2, 0.25) is 0 Å². The third kappa shape index (κ3) is 8.11. The number of aliphatic hydroxyl groups excluding tert-OH is 1. The van der Waals surface area contributed by atoms with E-state index in [1.54, 1.807) is 0 Å². The summed E-state index contributed by atoms with van der Waals surface area (Å²) < 4.78 is 5.36. The maximum atomic E-state index is 12.2. The second-order valence-corrected chi connectivity index (χ2v) is 8.13. The lowest BCUT2D eigenvalue weighted by Gasteiger charge is -2.27. The number of nitrogens with one attached hydrogen (secondary N) is 2. The Kier molecular flexibility index (Phi) is 8.03. The summed E-state index contributed by atoms with van der Waals surface area (Å²) in [4.78, 5) is 12.2. The van der Waals surface area contributed by atoms with Crippen molar-refractivity contribution in [2.45, 2.75) is 58.4 Å². The lowest BCUT2D eigenvalue weighted by atomic mass is 10.0. The molecule has 0 aliphatic carbocycles. The van der Waals surface area contributed by atoms with Crippen LogP contribution in [0.5, 0.6) is 0 Å². The number of amides is 1. The van der Waals surface area contributed by atoms with Gasteiger partial charge < -0.3 is 20.5 Å². The Balaban J connectivity index is 1.96. The van der Waals surface area contributed by atoms with Gasteiger partial charge in [0.05, 0.1) is 12.1 Å². The first-order valence-corrected chi connectivity index (χ1v) is 9.71. The van der Waals surface area contributed by atoms with E-state index in [1.807, 2.05) is 63.2 Å². The molecule has 0 spiro atoms. The molecule has 0 bridgehead atoms. The van der Waals surface area contributed by atoms with E-state index in [1.165, 1.54) is 5.56 Å². The SMILES string of the molecule is Cc1cccc(CNC[C@@H](O)[C@H](Cc2ccccc2)NC(=O)OC(C)(C)C)c1. The van der Waals surface area contributed by atoms with E-state index in [0.29, 0.717) is 19.5 Å². The standard InChI is InChI=1S/C23H32N2O3/c1-17-9-8-12-19(13-17)15-24-16-21(26)20(14-18-10-6-5-7-11-18)25-22(27)28-23(2,3)4/h5-13,20-21,24,26H,14-16H2,1-4H3,(H,25,27)/t20-,21+/m0/s1. The second-order valence-electron chi connectivity index (χ2n) is 8.13. The van der Waals surface area contributed by atoms with Gasteiger partial charge in [0, 0.05) is 13.1 Å². The van der Waals surface area contributed by atoms with Crippen LogP contribution in [-0.4, -0.2) is 35.5 Å². The van der Waals surface area contributed by atoms with E-state index in [9.17, 15) is 9.90 Å². The van der Waals surface area contributed by atoms with Crippen molar-refractivity contribution in [3.05, 3.63) is 71.3 Å². The molecule has 0 radical (unpaired) electrons. The molecule has 0 saturated heterocycles. The molecule has 28 heavy (non-hydrogen) atoms. The summed E-state index contributed by atoms with van der Waals surface area (Å²) >= 11 is 0. The number of aliphatic hydroxyl groups is 1. The maximum Gasteiger partial charge on any atom is 0.407 e. The highest BCUT2D eigenvalue weighted by atomic mass is 16.6. The van der Waals surface area contributed by atoms with Crippen molar-refractivity contribution in [1.82, 2.24) is 10.6 Å². The summed E-state index contributed by atoms with van der Waals surface area (Å²) in [5.41, 5.74) is 2.82. The van der Waals surface area contributed by atoms with Crippen LogP contribution in [0.3, 0.4) is 0 Å². The summed E-state index contributed by atoms with van der Waals surface area (Å²) in [6.45, 7) is 8.53. The Hall–Kier alpha value is -2.37. The zero-order chi connectivity index (χ0) is 20.6. The number of rotatable bonds is 8. The van der Waals surface area contributed by atoms with E-state index in [2.05, 4.69) is 29.7 Å². The first kappa shape index (κ1) is 21.9. The summed E-state index contributed by atoms with van der Waals surface area (Å²) in [5, 5.41) is 16.8. The van der Waals surface area contributed by atoms with Gasteiger partial charge in [0.25, 0.3) is 0 Å². The van der Waals surface area contributed by atoms with E-state index >= 15 is 0 Å². The predicted octanol–water partition coefficient (Wildman–Crippen LogP) is 3.58. The van der Waals surface area contributed by atoms with E-state index in [-0.39, 0.29) is 0 Å². The van der Waals surface area contributed by atoms with Crippen LogP contribution in [0.25, 0.3) is 0 Å². The molecule has 5 nitrogen and oxygen atoms in total. The zero-order valence-electron chi connectivity index (χ0n) is 17.2. The summed E-state index contributed by atoms with van der Waals surface area (Å²) in [7, 11) is 0. The monoisotopic (exact) mass is 384 g/mol. The Bertz CT molecular complexity index is 741. The number of carbonyl (C=O) groups excluding carboxylic acids is 1. The largest absolute Gasteiger partial charge is 0.444 e. The Morgan fingerprint density at radius 1 is 1.07 bits per heavy atom. The second kappa shape index (κ2) is 10.2. The van der Waals surface area contributed by atoms with Gasteiger partial charge in [0.1, 0.15) is 5.60 Å². The van der Waals surface area contributed by atoms with Crippen LogP contribution in [0.4, 0.5) is 4.79 Å². The third-order valence-corrected chi connectivity index (χ3v) is 4.23. The molecule has 0 aliphatic heterocycles. The summed E-state index contributed by atoms with van der Waals surface area (Å²) in [6, 6.07) is 17.6. The number of hydrogen-bond acceptors (Lipinski definition) is 4. The number of alkyl carbamates (subject to hydrolysis) is 1. The van der Waals surface area contributed by atoms with Gasteiger partial charge >= 0.3 is 6.09 Å². The van der Waals surface area contributed by atoms with E-state index < -0.39 is 23.8 Å². The molecule has 5 heteroatoms. The minimum atomic E-state index is -0.752. The molecule has 0 aliphatic rings. The zero-order valence-corrected chi connectivity index (χ0v) is 17.2. The molecule has 0 heterocycles. The average Bonchev–Trinajstić information content (AvgIpc) is 2.60. The molecule has 152 valence electrons. The Morgan fingerprint density at radius 2 is 1.75 bits per heavy atom. The van der Waals surface area contributed by atoms with Gasteiger partial charge in [0.15, 0.2) is 0 Å². The molecule has 0 aromatic heterocycles. The van der Waals surface area contributed by atoms with Gasteiger partial charge in [-0.05, 0) is 45.2 Å². The molecular weight excluding hydrogens is 352 g/mol. The molecule has 1 amide bonds. The average molecular weight is 385 g/mol. The highest BCUT2D eigenvalue weighted by Crippen LogP contribution is 2.10. The van der Waals surface area contributed by atoms with Crippen molar-refractivity contribution >= 4 is 6.09 Å². The van der Waals surface area contributed by atoms with Crippen LogP contribution < -0.4 is 10.6 Å².